The van der Waals surface area contributed by atoms with Crippen LogP contribution in [0, 0.1) is 12.8 Å². The Balaban J connectivity index is 1.96. The van der Waals surface area contributed by atoms with Gasteiger partial charge in [0.25, 0.3) is 0 Å². The first kappa shape index (κ1) is 16.0. The zero-order chi connectivity index (χ0) is 14.7. The summed E-state index contributed by atoms with van der Waals surface area (Å²) >= 11 is 1.96. The molecule has 0 unspecified atom stereocenters. The van der Waals surface area contributed by atoms with Gasteiger partial charge in [0.1, 0.15) is 0 Å². The number of hydrogen-bond donors (Lipinski definition) is 1. The molecule has 0 aliphatic heterocycles. The zero-order valence-corrected chi connectivity index (χ0v) is 14.5. The molecule has 2 rings (SSSR count). The fourth-order valence-corrected chi connectivity index (χ4v) is 3.61. The lowest BCUT2D eigenvalue weighted by molar-refractivity contribution is 0.226. The first-order valence-corrected chi connectivity index (χ1v) is 8.83. The van der Waals surface area contributed by atoms with Gasteiger partial charge < -0.3 is 5.32 Å². The van der Waals surface area contributed by atoms with Gasteiger partial charge in [-0.1, -0.05) is 27.7 Å². The molecule has 0 atom stereocenters. The van der Waals surface area contributed by atoms with E-state index in [2.05, 4.69) is 50.9 Å². The van der Waals surface area contributed by atoms with Crippen molar-refractivity contribution in [3.05, 3.63) is 21.4 Å². The van der Waals surface area contributed by atoms with E-state index in [0.29, 0.717) is 6.04 Å². The molecule has 1 aromatic rings. The van der Waals surface area contributed by atoms with Gasteiger partial charge in [-0.05, 0) is 37.3 Å². The van der Waals surface area contributed by atoms with Crippen molar-refractivity contribution in [1.82, 2.24) is 10.2 Å². The Morgan fingerprint density at radius 3 is 2.55 bits per heavy atom. The molecule has 1 aliphatic carbocycles. The molecule has 1 aromatic heterocycles. The van der Waals surface area contributed by atoms with E-state index in [0.717, 1.165) is 25.0 Å². The molecule has 0 spiro atoms. The van der Waals surface area contributed by atoms with Gasteiger partial charge in [-0.25, -0.2) is 0 Å². The van der Waals surface area contributed by atoms with Gasteiger partial charge in [0.05, 0.1) is 0 Å². The van der Waals surface area contributed by atoms with Gasteiger partial charge in [0.2, 0.25) is 0 Å². The highest BCUT2D eigenvalue weighted by atomic mass is 32.1. The maximum Gasteiger partial charge on any atom is 0.0302 e. The van der Waals surface area contributed by atoms with Crippen molar-refractivity contribution in [2.45, 2.75) is 72.6 Å². The zero-order valence-electron chi connectivity index (χ0n) is 13.7. The summed E-state index contributed by atoms with van der Waals surface area (Å²) < 4.78 is 0. The van der Waals surface area contributed by atoms with Crippen LogP contribution < -0.4 is 5.32 Å². The average molecular weight is 295 g/mol. The van der Waals surface area contributed by atoms with Crippen LogP contribution in [0.4, 0.5) is 0 Å². The predicted molar refractivity (Wildman–Crippen MR) is 89.3 cm³/mol. The van der Waals surface area contributed by atoms with Gasteiger partial charge >= 0.3 is 0 Å². The van der Waals surface area contributed by atoms with Crippen molar-refractivity contribution >= 4 is 11.3 Å². The Hall–Kier alpha value is -0.380. The van der Waals surface area contributed by atoms with Crippen LogP contribution >= 0.6 is 11.3 Å². The molecule has 1 heterocycles. The highest BCUT2D eigenvalue weighted by molar-refractivity contribution is 7.12. The fraction of sp³-hybridized carbons (Fsp3) is 0.765. The van der Waals surface area contributed by atoms with Crippen LogP contribution in [0.5, 0.6) is 0 Å². The molecule has 1 fully saturated rings. The first-order chi connectivity index (χ1) is 9.45. The standard InChI is InChI=1S/C17H30N2S/c1-12(2)10-19(16-6-7-16)11-15-8-17(20-14(15)5)9-18-13(3)4/h8,12-13,16,18H,6-7,9-11H2,1-5H3. The van der Waals surface area contributed by atoms with E-state index < -0.39 is 0 Å². The summed E-state index contributed by atoms with van der Waals surface area (Å²) in [6.07, 6.45) is 2.80. The normalized spacial score (nSPS) is 15.8. The minimum Gasteiger partial charge on any atom is -0.310 e. The molecular weight excluding hydrogens is 264 g/mol. The van der Waals surface area contributed by atoms with Crippen LogP contribution in [-0.2, 0) is 13.1 Å². The van der Waals surface area contributed by atoms with Gasteiger partial charge in [-0.3, -0.25) is 4.90 Å². The van der Waals surface area contributed by atoms with E-state index in [9.17, 15) is 0 Å². The summed E-state index contributed by atoms with van der Waals surface area (Å²) in [6, 6.07) is 3.84. The molecule has 0 bridgehead atoms. The maximum atomic E-state index is 3.52. The third-order valence-electron chi connectivity index (χ3n) is 3.79. The Bertz CT molecular complexity index is 419. The van der Waals surface area contributed by atoms with Crippen LogP contribution in [0.1, 0.15) is 55.9 Å². The van der Waals surface area contributed by atoms with Crippen LogP contribution in [0.2, 0.25) is 0 Å². The SMILES string of the molecule is Cc1sc(CNC(C)C)cc1CN(CC(C)C)C1CC1. The summed E-state index contributed by atoms with van der Waals surface area (Å²) in [6.45, 7) is 14.7. The van der Waals surface area contributed by atoms with Crippen LogP contribution in [-0.4, -0.2) is 23.5 Å². The minimum atomic E-state index is 0.560. The van der Waals surface area contributed by atoms with Gasteiger partial charge in [-0.2, -0.15) is 0 Å². The summed E-state index contributed by atoms with van der Waals surface area (Å²) in [5, 5.41) is 3.52. The number of rotatable bonds is 8. The Morgan fingerprint density at radius 2 is 2.00 bits per heavy atom. The molecular formula is C17H30N2S. The highest BCUT2D eigenvalue weighted by Crippen LogP contribution is 2.31. The highest BCUT2D eigenvalue weighted by Gasteiger charge is 2.29. The second-order valence-electron chi connectivity index (χ2n) is 6.88. The minimum absolute atomic E-state index is 0.560. The third kappa shape index (κ3) is 4.87. The van der Waals surface area contributed by atoms with Gasteiger partial charge in [-0.15, -0.1) is 11.3 Å². The number of nitrogens with zero attached hydrogens (tertiary/aromatic N) is 1. The van der Waals surface area contributed by atoms with Crippen molar-refractivity contribution in [3.63, 3.8) is 0 Å². The quantitative estimate of drug-likeness (QED) is 0.774. The summed E-state index contributed by atoms with van der Waals surface area (Å²) in [5.41, 5.74) is 1.54. The van der Waals surface area contributed by atoms with Crippen molar-refractivity contribution in [3.8, 4) is 0 Å². The molecule has 3 heteroatoms. The van der Waals surface area contributed by atoms with E-state index in [4.69, 9.17) is 0 Å². The molecule has 2 nitrogen and oxygen atoms in total. The van der Waals surface area contributed by atoms with Crippen LogP contribution in [0.25, 0.3) is 0 Å². The largest absolute Gasteiger partial charge is 0.310 e. The summed E-state index contributed by atoms with van der Waals surface area (Å²) in [7, 11) is 0. The molecule has 0 saturated heterocycles. The molecule has 1 N–H and O–H groups in total. The number of thiophene rings is 1. The van der Waals surface area contributed by atoms with Crippen molar-refractivity contribution in [2.75, 3.05) is 6.54 Å². The lowest BCUT2D eigenvalue weighted by Gasteiger charge is -2.24. The maximum absolute atomic E-state index is 3.52. The Kier molecular flexibility index (Phi) is 5.65. The monoisotopic (exact) mass is 294 g/mol. The second-order valence-corrected chi connectivity index (χ2v) is 8.23. The molecule has 0 aromatic carbocycles. The van der Waals surface area contributed by atoms with Gasteiger partial charge in [0, 0.05) is 41.5 Å². The van der Waals surface area contributed by atoms with Crippen molar-refractivity contribution in [2.24, 2.45) is 5.92 Å². The molecule has 0 radical (unpaired) electrons. The smallest absolute Gasteiger partial charge is 0.0302 e. The topological polar surface area (TPSA) is 15.3 Å². The number of nitrogens with one attached hydrogen (secondary N) is 1. The molecule has 1 aliphatic rings. The third-order valence-corrected chi connectivity index (χ3v) is 4.89. The Labute approximate surface area is 128 Å². The summed E-state index contributed by atoms with van der Waals surface area (Å²) in [4.78, 5) is 5.67. The Morgan fingerprint density at radius 1 is 1.30 bits per heavy atom. The van der Waals surface area contributed by atoms with Crippen molar-refractivity contribution < 1.29 is 0 Å². The number of hydrogen-bond acceptors (Lipinski definition) is 3. The second kappa shape index (κ2) is 7.06. The van der Waals surface area contributed by atoms with E-state index in [1.807, 2.05) is 11.3 Å². The predicted octanol–water partition coefficient (Wildman–Crippen LogP) is 4.17. The average Bonchev–Trinajstić information content (AvgIpc) is 3.12. The van der Waals surface area contributed by atoms with Gasteiger partial charge in [0.15, 0.2) is 0 Å². The lowest BCUT2D eigenvalue weighted by atomic mass is 10.1. The molecule has 20 heavy (non-hydrogen) atoms. The lowest BCUT2D eigenvalue weighted by Crippen LogP contribution is -2.29. The van der Waals surface area contributed by atoms with E-state index in [1.165, 1.54) is 29.1 Å². The van der Waals surface area contributed by atoms with Crippen LogP contribution in [0.15, 0.2) is 6.07 Å². The first-order valence-electron chi connectivity index (χ1n) is 8.01. The molecule has 114 valence electrons. The fourth-order valence-electron chi connectivity index (χ4n) is 2.61. The van der Waals surface area contributed by atoms with Crippen molar-refractivity contribution in [1.29, 1.82) is 0 Å². The van der Waals surface area contributed by atoms with E-state index in [1.54, 1.807) is 5.56 Å². The van der Waals surface area contributed by atoms with Crippen LogP contribution in [0.3, 0.4) is 0 Å². The number of aryl methyl sites for hydroxylation is 1. The molecule has 0 amide bonds. The van der Waals surface area contributed by atoms with E-state index in [-0.39, 0.29) is 0 Å². The van der Waals surface area contributed by atoms with E-state index >= 15 is 0 Å². The summed E-state index contributed by atoms with van der Waals surface area (Å²) in [5.74, 6) is 0.761. The molecule has 1 saturated carbocycles.